The Kier molecular flexibility index (Phi) is 5.93. The van der Waals surface area contributed by atoms with Gasteiger partial charge in [-0.05, 0) is 24.1 Å². The molecular weight excluding hydrogens is 360 g/mol. The summed E-state index contributed by atoms with van der Waals surface area (Å²) in [5.41, 5.74) is 2.33. The van der Waals surface area contributed by atoms with E-state index in [4.69, 9.17) is 18.9 Å². The largest absolute Gasteiger partial charge is 0.497 e. The van der Waals surface area contributed by atoms with E-state index < -0.39 is 0 Å². The number of amides is 1. The normalized spacial score (nSPS) is 10.6. The first-order chi connectivity index (χ1) is 13.6. The average Bonchev–Trinajstić information content (AvgIpc) is 3.16. The van der Waals surface area contributed by atoms with Crippen molar-refractivity contribution in [2.24, 2.45) is 0 Å². The van der Waals surface area contributed by atoms with Crippen LogP contribution in [0.2, 0.25) is 0 Å². The summed E-state index contributed by atoms with van der Waals surface area (Å²) >= 11 is 0. The number of nitrogens with one attached hydrogen (secondary N) is 2. The first-order valence-electron chi connectivity index (χ1n) is 8.84. The van der Waals surface area contributed by atoms with Gasteiger partial charge in [0.15, 0.2) is 11.5 Å². The van der Waals surface area contributed by atoms with E-state index in [9.17, 15) is 4.79 Å². The molecule has 2 N–H and O–H groups in total. The fourth-order valence-electron chi connectivity index (χ4n) is 3.15. The van der Waals surface area contributed by atoms with Gasteiger partial charge in [0.1, 0.15) is 5.75 Å². The third-order valence-corrected chi connectivity index (χ3v) is 4.57. The second kappa shape index (κ2) is 8.56. The van der Waals surface area contributed by atoms with Crippen LogP contribution < -0.4 is 24.3 Å². The minimum atomic E-state index is -0.190. The Morgan fingerprint density at radius 3 is 2.29 bits per heavy atom. The van der Waals surface area contributed by atoms with Gasteiger partial charge in [-0.25, -0.2) is 0 Å². The number of hydrogen-bond donors (Lipinski definition) is 2. The van der Waals surface area contributed by atoms with Crippen LogP contribution in [0, 0.1) is 0 Å². The van der Waals surface area contributed by atoms with E-state index in [1.165, 1.54) is 14.2 Å². The van der Waals surface area contributed by atoms with Crippen LogP contribution in [0.3, 0.4) is 0 Å². The average molecular weight is 384 g/mol. The molecule has 0 saturated heterocycles. The molecule has 0 aliphatic rings. The molecule has 0 unspecified atom stereocenters. The molecule has 0 aliphatic carbocycles. The van der Waals surface area contributed by atoms with E-state index >= 15 is 0 Å². The van der Waals surface area contributed by atoms with Crippen LogP contribution in [-0.4, -0.2) is 45.9 Å². The van der Waals surface area contributed by atoms with Crippen molar-refractivity contribution in [3.05, 3.63) is 47.7 Å². The van der Waals surface area contributed by atoms with E-state index in [2.05, 4.69) is 10.3 Å². The molecule has 148 valence electrons. The zero-order valence-electron chi connectivity index (χ0n) is 16.4. The van der Waals surface area contributed by atoms with Crippen molar-refractivity contribution < 1.29 is 23.7 Å². The molecule has 1 heterocycles. The third kappa shape index (κ3) is 3.69. The fourth-order valence-corrected chi connectivity index (χ4v) is 3.15. The van der Waals surface area contributed by atoms with Gasteiger partial charge in [-0.15, -0.1) is 0 Å². The lowest BCUT2D eigenvalue weighted by molar-refractivity contribution is 0.0955. The van der Waals surface area contributed by atoms with Crippen LogP contribution >= 0.6 is 0 Å². The number of rotatable bonds is 8. The molecule has 7 heteroatoms. The summed E-state index contributed by atoms with van der Waals surface area (Å²) in [7, 11) is 6.26. The van der Waals surface area contributed by atoms with Crippen molar-refractivity contribution in [2.75, 3.05) is 35.0 Å². The number of benzene rings is 2. The number of fused-ring (bicyclic) bond motifs is 1. The quantitative estimate of drug-likeness (QED) is 0.623. The second-order valence-electron chi connectivity index (χ2n) is 6.12. The summed E-state index contributed by atoms with van der Waals surface area (Å²) in [6.45, 7) is 0.507. The summed E-state index contributed by atoms with van der Waals surface area (Å²) in [5, 5.41) is 3.61. The zero-order chi connectivity index (χ0) is 20.1. The number of aromatic nitrogens is 1. The number of methoxy groups -OCH3 is 4. The van der Waals surface area contributed by atoms with Crippen LogP contribution in [0.4, 0.5) is 0 Å². The smallest absolute Gasteiger partial charge is 0.253 e. The van der Waals surface area contributed by atoms with Gasteiger partial charge in [0.2, 0.25) is 5.75 Å². The molecule has 0 saturated carbocycles. The van der Waals surface area contributed by atoms with Gasteiger partial charge in [-0.2, -0.15) is 0 Å². The Labute approximate surface area is 163 Å². The molecule has 0 fully saturated rings. The van der Waals surface area contributed by atoms with Crippen molar-refractivity contribution in [1.82, 2.24) is 10.3 Å². The molecule has 1 aromatic heterocycles. The second-order valence-corrected chi connectivity index (χ2v) is 6.12. The Hall–Kier alpha value is -3.35. The Morgan fingerprint density at radius 1 is 0.964 bits per heavy atom. The molecule has 0 spiro atoms. The highest BCUT2D eigenvalue weighted by atomic mass is 16.5. The zero-order valence-corrected chi connectivity index (χ0v) is 16.4. The predicted octanol–water partition coefficient (Wildman–Crippen LogP) is 3.17. The SMILES string of the molecule is COc1ccc(CCNC(=O)c2c[nH]c3cc(OC)c(OC)c(OC)c23)cc1. The number of ether oxygens (including phenoxy) is 4. The van der Waals surface area contributed by atoms with E-state index in [0.717, 1.165) is 16.8 Å². The fraction of sp³-hybridized carbons (Fsp3) is 0.286. The topological polar surface area (TPSA) is 81.8 Å². The van der Waals surface area contributed by atoms with E-state index in [1.54, 1.807) is 26.5 Å². The Balaban J connectivity index is 1.79. The molecule has 0 bridgehead atoms. The molecule has 0 radical (unpaired) electrons. The maximum Gasteiger partial charge on any atom is 0.253 e. The Bertz CT molecular complexity index is 963. The van der Waals surface area contributed by atoms with Gasteiger partial charge in [-0.1, -0.05) is 12.1 Å². The summed E-state index contributed by atoms with van der Waals surface area (Å²) in [5.74, 6) is 2.05. The molecular formula is C21H24N2O5. The molecule has 1 amide bonds. The van der Waals surface area contributed by atoms with E-state index in [-0.39, 0.29) is 5.91 Å². The summed E-state index contributed by atoms with van der Waals surface area (Å²) < 4.78 is 21.4. The first-order valence-corrected chi connectivity index (χ1v) is 8.84. The highest BCUT2D eigenvalue weighted by Crippen LogP contribution is 2.44. The molecule has 7 nitrogen and oxygen atoms in total. The van der Waals surface area contributed by atoms with E-state index in [1.807, 2.05) is 24.3 Å². The van der Waals surface area contributed by atoms with E-state index in [0.29, 0.717) is 41.2 Å². The molecule has 28 heavy (non-hydrogen) atoms. The lowest BCUT2D eigenvalue weighted by atomic mass is 10.1. The maximum atomic E-state index is 12.8. The van der Waals surface area contributed by atoms with Crippen molar-refractivity contribution in [1.29, 1.82) is 0 Å². The van der Waals surface area contributed by atoms with Crippen molar-refractivity contribution in [3.8, 4) is 23.0 Å². The maximum absolute atomic E-state index is 12.8. The highest BCUT2D eigenvalue weighted by molar-refractivity contribution is 6.10. The van der Waals surface area contributed by atoms with Crippen LogP contribution in [0.5, 0.6) is 23.0 Å². The monoisotopic (exact) mass is 384 g/mol. The Morgan fingerprint density at radius 2 is 1.68 bits per heavy atom. The summed E-state index contributed by atoms with van der Waals surface area (Å²) in [6.07, 6.45) is 2.38. The van der Waals surface area contributed by atoms with Gasteiger partial charge in [0, 0.05) is 18.8 Å². The third-order valence-electron chi connectivity index (χ3n) is 4.57. The summed E-state index contributed by atoms with van der Waals surface area (Å²) in [4.78, 5) is 15.9. The number of aromatic amines is 1. The molecule has 3 aromatic rings. The first kappa shape index (κ1) is 19.4. The number of carbonyl (C=O) groups is 1. The minimum Gasteiger partial charge on any atom is -0.497 e. The molecule has 0 aliphatic heterocycles. The lowest BCUT2D eigenvalue weighted by Crippen LogP contribution is -2.25. The van der Waals surface area contributed by atoms with Gasteiger partial charge in [0.05, 0.1) is 44.9 Å². The van der Waals surface area contributed by atoms with Crippen molar-refractivity contribution in [2.45, 2.75) is 6.42 Å². The van der Waals surface area contributed by atoms with Crippen molar-refractivity contribution >= 4 is 16.8 Å². The molecule has 2 aromatic carbocycles. The van der Waals surface area contributed by atoms with Crippen LogP contribution in [-0.2, 0) is 6.42 Å². The van der Waals surface area contributed by atoms with Gasteiger partial charge >= 0.3 is 0 Å². The minimum absolute atomic E-state index is 0.190. The highest BCUT2D eigenvalue weighted by Gasteiger charge is 2.22. The number of hydrogen-bond acceptors (Lipinski definition) is 5. The van der Waals surface area contributed by atoms with Crippen LogP contribution in [0.25, 0.3) is 10.9 Å². The summed E-state index contributed by atoms with van der Waals surface area (Å²) in [6, 6.07) is 9.56. The molecule has 3 rings (SSSR count). The standard InChI is InChI=1S/C21H24N2O5/c1-25-14-7-5-13(6-8-14)9-10-22-21(24)15-12-23-16-11-17(26-2)19(27-3)20(28-4)18(15)16/h5-8,11-12,23H,9-10H2,1-4H3,(H,22,24). The van der Waals surface area contributed by atoms with Crippen LogP contribution in [0.15, 0.2) is 36.5 Å². The van der Waals surface area contributed by atoms with Crippen LogP contribution in [0.1, 0.15) is 15.9 Å². The number of carbonyl (C=O) groups excluding carboxylic acids is 1. The van der Waals surface area contributed by atoms with Gasteiger partial charge in [-0.3, -0.25) is 4.79 Å². The molecule has 0 atom stereocenters. The predicted molar refractivity (Wildman–Crippen MR) is 107 cm³/mol. The number of H-pyrrole nitrogens is 1. The van der Waals surface area contributed by atoms with Gasteiger partial charge in [0.25, 0.3) is 5.91 Å². The lowest BCUT2D eigenvalue weighted by Gasteiger charge is -2.14. The van der Waals surface area contributed by atoms with Gasteiger partial charge < -0.3 is 29.2 Å². The van der Waals surface area contributed by atoms with Crippen molar-refractivity contribution in [3.63, 3.8) is 0 Å².